The van der Waals surface area contributed by atoms with E-state index in [1.807, 2.05) is 29.2 Å². The standard InChI is InChI=1S/C31H37FN2O3/c1-22(2)17-34(31(35)24-11-13-27(32)14-12-24)20-26-19-33(18-23-7-5-9-28(15-23)36-3)21-30(26)25-8-6-10-29(16-25)37-4/h5-16,22,26,30H,17-21H2,1-4H3. The van der Waals surface area contributed by atoms with E-state index >= 15 is 0 Å². The van der Waals surface area contributed by atoms with Crippen molar-refractivity contribution in [3.05, 3.63) is 95.3 Å². The van der Waals surface area contributed by atoms with Crippen LogP contribution in [0.1, 0.15) is 41.3 Å². The van der Waals surface area contributed by atoms with E-state index in [1.165, 1.54) is 23.3 Å². The van der Waals surface area contributed by atoms with Gasteiger partial charge < -0.3 is 14.4 Å². The molecular formula is C31H37FN2O3. The van der Waals surface area contributed by atoms with Gasteiger partial charge in [0, 0.05) is 44.2 Å². The minimum atomic E-state index is -0.339. The monoisotopic (exact) mass is 504 g/mol. The van der Waals surface area contributed by atoms with Crippen molar-refractivity contribution in [1.82, 2.24) is 9.80 Å². The molecule has 3 aromatic carbocycles. The molecule has 2 unspecified atom stereocenters. The number of likely N-dealkylation sites (tertiary alicyclic amines) is 1. The molecule has 37 heavy (non-hydrogen) atoms. The third-order valence-electron chi connectivity index (χ3n) is 7.00. The van der Waals surface area contributed by atoms with Crippen LogP contribution in [0.3, 0.4) is 0 Å². The molecule has 1 fully saturated rings. The van der Waals surface area contributed by atoms with Gasteiger partial charge in [-0.05, 0) is 71.5 Å². The maximum Gasteiger partial charge on any atom is 0.253 e. The molecule has 1 saturated heterocycles. The van der Waals surface area contributed by atoms with Crippen molar-refractivity contribution in [2.75, 3.05) is 40.4 Å². The number of methoxy groups -OCH3 is 2. The minimum absolute atomic E-state index is 0.0515. The number of carbonyl (C=O) groups excluding carboxylic acids is 1. The van der Waals surface area contributed by atoms with Crippen LogP contribution >= 0.6 is 0 Å². The topological polar surface area (TPSA) is 42.0 Å². The molecule has 6 heteroatoms. The highest BCUT2D eigenvalue weighted by Gasteiger charge is 2.36. The fourth-order valence-electron chi connectivity index (χ4n) is 5.29. The Morgan fingerprint density at radius 2 is 1.65 bits per heavy atom. The third-order valence-corrected chi connectivity index (χ3v) is 7.00. The zero-order chi connectivity index (χ0) is 26.4. The molecule has 1 aliphatic heterocycles. The molecule has 1 amide bonds. The molecule has 1 heterocycles. The number of halogens is 1. The minimum Gasteiger partial charge on any atom is -0.497 e. The predicted molar refractivity (Wildman–Crippen MR) is 145 cm³/mol. The number of ether oxygens (including phenoxy) is 2. The molecule has 5 nitrogen and oxygen atoms in total. The molecule has 0 aliphatic carbocycles. The zero-order valence-electron chi connectivity index (χ0n) is 22.2. The molecule has 0 radical (unpaired) electrons. The van der Waals surface area contributed by atoms with Crippen molar-refractivity contribution in [1.29, 1.82) is 0 Å². The SMILES string of the molecule is COc1cccc(CN2CC(CN(CC(C)C)C(=O)c3ccc(F)cc3)C(c3cccc(OC)c3)C2)c1. The zero-order valence-corrected chi connectivity index (χ0v) is 22.2. The highest BCUT2D eigenvalue weighted by Crippen LogP contribution is 2.36. The van der Waals surface area contributed by atoms with Crippen LogP contribution in [0.15, 0.2) is 72.8 Å². The maximum absolute atomic E-state index is 13.5. The first-order chi connectivity index (χ1) is 17.9. The normalized spacial score (nSPS) is 17.7. The van der Waals surface area contributed by atoms with Crippen LogP contribution in [0, 0.1) is 17.7 Å². The Labute approximate surface area is 219 Å². The molecule has 0 saturated carbocycles. The first-order valence-corrected chi connectivity index (χ1v) is 12.9. The Kier molecular flexibility index (Phi) is 8.82. The number of nitrogens with zero attached hydrogens (tertiary/aromatic N) is 2. The summed E-state index contributed by atoms with van der Waals surface area (Å²) in [6, 6.07) is 22.3. The van der Waals surface area contributed by atoms with E-state index in [1.54, 1.807) is 26.4 Å². The van der Waals surface area contributed by atoms with Crippen LogP contribution in [-0.2, 0) is 6.54 Å². The second kappa shape index (κ2) is 12.2. The van der Waals surface area contributed by atoms with Gasteiger partial charge in [0.15, 0.2) is 0 Å². The highest BCUT2D eigenvalue weighted by molar-refractivity contribution is 5.94. The molecule has 0 bridgehead atoms. The summed E-state index contributed by atoms with van der Waals surface area (Å²) >= 11 is 0. The van der Waals surface area contributed by atoms with Gasteiger partial charge in [0.05, 0.1) is 14.2 Å². The van der Waals surface area contributed by atoms with E-state index in [0.717, 1.165) is 31.1 Å². The summed E-state index contributed by atoms with van der Waals surface area (Å²) in [6.45, 7) is 8.07. The molecule has 0 N–H and O–H groups in total. The third kappa shape index (κ3) is 6.89. The Hall–Kier alpha value is -3.38. The van der Waals surface area contributed by atoms with Crippen molar-refractivity contribution in [2.45, 2.75) is 26.3 Å². The largest absolute Gasteiger partial charge is 0.497 e. The van der Waals surface area contributed by atoms with Gasteiger partial charge in [-0.3, -0.25) is 9.69 Å². The van der Waals surface area contributed by atoms with Crippen molar-refractivity contribution >= 4 is 5.91 Å². The van der Waals surface area contributed by atoms with E-state index in [4.69, 9.17) is 9.47 Å². The van der Waals surface area contributed by atoms with Gasteiger partial charge in [-0.25, -0.2) is 4.39 Å². The molecule has 0 spiro atoms. The van der Waals surface area contributed by atoms with Gasteiger partial charge in [0.25, 0.3) is 5.91 Å². The molecular weight excluding hydrogens is 467 g/mol. The lowest BCUT2D eigenvalue weighted by atomic mass is 9.88. The number of hydrogen-bond acceptors (Lipinski definition) is 4. The van der Waals surface area contributed by atoms with Crippen LogP contribution in [0.2, 0.25) is 0 Å². The summed E-state index contributed by atoms with van der Waals surface area (Å²) in [5.41, 5.74) is 2.94. The van der Waals surface area contributed by atoms with Crippen LogP contribution in [0.4, 0.5) is 4.39 Å². The lowest BCUT2D eigenvalue weighted by molar-refractivity contribution is 0.0703. The van der Waals surface area contributed by atoms with E-state index in [-0.39, 0.29) is 23.6 Å². The van der Waals surface area contributed by atoms with Crippen molar-refractivity contribution in [3.8, 4) is 11.5 Å². The average Bonchev–Trinajstić information content (AvgIpc) is 3.30. The number of carbonyl (C=O) groups is 1. The van der Waals surface area contributed by atoms with Crippen LogP contribution in [0.5, 0.6) is 11.5 Å². The lowest BCUT2D eigenvalue weighted by Crippen LogP contribution is -2.39. The molecule has 3 aromatic rings. The van der Waals surface area contributed by atoms with Gasteiger partial charge in [-0.15, -0.1) is 0 Å². The Morgan fingerprint density at radius 1 is 0.973 bits per heavy atom. The number of benzene rings is 3. The van der Waals surface area contributed by atoms with E-state index in [2.05, 4.69) is 43.0 Å². The summed E-state index contributed by atoms with van der Waals surface area (Å²) < 4.78 is 24.4. The Balaban J connectivity index is 1.60. The molecule has 4 rings (SSSR count). The predicted octanol–water partition coefficient (Wildman–Crippen LogP) is 5.86. The van der Waals surface area contributed by atoms with Gasteiger partial charge in [-0.1, -0.05) is 38.1 Å². The summed E-state index contributed by atoms with van der Waals surface area (Å²) in [6.07, 6.45) is 0. The van der Waals surface area contributed by atoms with Crippen molar-refractivity contribution in [2.24, 2.45) is 11.8 Å². The van der Waals surface area contributed by atoms with Gasteiger partial charge in [0.2, 0.25) is 0 Å². The van der Waals surface area contributed by atoms with Crippen LogP contribution in [0.25, 0.3) is 0 Å². The molecule has 1 aliphatic rings. The fourth-order valence-corrected chi connectivity index (χ4v) is 5.29. The summed E-state index contributed by atoms with van der Waals surface area (Å²) in [5, 5.41) is 0. The quantitative estimate of drug-likeness (QED) is 0.347. The number of amides is 1. The van der Waals surface area contributed by atoms with Gasteiger partial charge in [0.1, 0.15) is 17.3 Å². The summed E-state index contributed by atoms with van der Waals surface area (Å²) in [7, 11) is 3.37. The number of rotatable bonds is 10. The lowest BCUT2D eigenvalue weighted by Gasteiger charge is -2.30. The second-order valence-electron chi connectivity index (χ2n) is 10.3. The second-order valence-corrected chi connectivity index (χ2v) is 10.3. The van der Waals surface area contributed by atoms with Gasteiger partial charge >= 0.3 is 0 Å². The van der Waals surface area contributed by atoms with Gasteiger partial charge in [-0.2, -0.15) is 0 Å². The average molecular weight is 505 g/mol. The Morgan fingerprint density at radius 3 is 2.32 bits per heavy atom. The first kappa shape index (κ1) is 26.7. The summed E-state index contributed by atoms with van der Waals surface area (Å²) in [5.74, 6) is 2.10. The van der Waals surface area contributed by atoms with Crippen LogP contribution in [-0.4, -0.2) is 56.1 Å². The van der Waals surface area contributed by atoms with Crippen molar-refractivity contribution < 1.29 is 18.7 Å². The van der Waals surface area contributed by atoms with E-state index < -0.39 is 0 Å². The van der Waals surface area contributed by atoms with E-state index in [0.29, 0.717) is 24.6 Å². The first-order valence-electron chi connectivity index (χ1n) is 12.9. The molecule has 2 atom stereocenters. The van der Waals surface area contributed by atoms with Crippen molar-refractivity contribution in [3.63, 3.8) is 0 Å². The van der Waals surface area contributed by atoms with Crippen LogP contribution < -0.4 is 9.47 Å². The summed E-state index contributed by atoms with van der Waals surface area (Å²) in [4.78, 5) is 17.9. The highest BCUT2D eigenvalue weighted by atomic mass is 19.1. The maximum atomic E-state index is 13.5. The molecule has 196 valence electrons. The van der Waals surface area contributed by atoms with E-state index in [9.17, 15) is 9.18 Å². The molecule has 0 aromatic heterocycles. The number of hydrogen-bond donors (Lipinski definition) is 0. The fraction of sp³-hybridized carbons (Fsp3) is 0.387. The smallest absolute Gasteiger partial charge is 0.253 e. The Bertz CT molecular complexity index is 1180.